The van der Waals surface area contributed by atoms with Crippen LogP contribution < -0.4 is 16.9 Å². The van der Waals surface area contributed by atoms with Gasteiger partial charge in [-0.05, 0) is 12.1 Å². The Bertz CT molecular complexity index is 238. The van der Waals surface area contributed by atoms with Crippen molar-refractivity contribution in [2.75, 3.05) is 5.43 Å². The van der Waals surface area contributed by atoms with E-state index in [1.54, 1.807) is 18.3 Å². The minimum Gasteiger partial charge on any atom is -0.369 e. The summed E-state index contributed by atoms with van der Waals surface area (Å²) in [6.07, 6.45) is 1.64. The summed E-state index contributed by atoms with van der Waals surface area (Å²) in [6.45, 7) is 0. The van der Waals surface area contributed by atoms with Crippen molar-refractivity contribution >= 4 is 11.8 Å². The number of aromatic nitrogens is 1. The maximum absolute atomic E-state index is 5.08. The standard InChI is InChI=1S/C6H9N5/c7-6(8)11-10-5-3-1-2-4-9-5/h1-4H,(H,9,10)(H4,7,8,11). The quantitative estimate of drug-likeness (QED) is 0.307. The number of pyridine rings is 1. The van der Waals surface area contributed by atoms with Crippen molar-refractivity contribution in [1.82, 2.24) is 4.98 Å². The van der Waals surface area contributed by atoms with E-state index in [-0.39, 0.29) is 5.96 Å². The Kier molecular flexibility index (Phi) is 2.27. The highest BCUT2D eigenvalue weighted by atomic mass is 15.3. The first-order valence-corrected chi connectivity index (χ1v) is 3.05. The molecule has 1 aromatic rings. The van der Waals surface area contributed by atoms with Crippen LogP contribution in [-0.2, 0) is 0 Å². The monoisotopic (exact) mass is 151 g/mol. The number of nitrogens with one attached hydrogen (secondary N) is 1. The fraction of sp³-hybridized carbons (Fsp3) is 0. The molecule has 0 aliphatic carbocycles. The van der Waals surface area contributed by atoms with Crippen LogP contribution in [0.5, 0.6) is 0 Å². The molecule has 0 spiro atoms. The molecule has 0 aromatic carbocycles. The molecule has 0 fully saturated rings. The molecule has 1 aromatic heterocycles. The lowest BCUT2D eigenvalue weighted by atomic mass is 10.5. The Hall–Kier alpha value is -1.78. The minimum atomic E-state index is -0.0179. The molecule has 0 amide bonds. The van der Waals surface area contributed by atoms with Crippen LogP contribution in [-0.4, -0.2) is 10.9 Å². The van der Waals surface area contributed by atoms with Crippen LogP contribution in [0.15, 0.2) is 29.5 Å². The predicted octanol–water partition coefficient (Wildman–Crippen LogP) is -0.318. The van der Waals surface area contributed by atoms with Crippen molar-refractivity contribution in [2.24, 2.45) is 16.6 Å². The molecule has 58 valence electrons. The first kappa shape index (κ1) is 7.33. The third kappa shape index (κ3) is 2.53. The van der Waals surface area contributed by atoms with Gasteiger partial charge in [0.15, 0.2) is 0 Å². The molecule has 11 heavy (non-hydrogen) atoms. The summed E-state index contributed by atoms with van der Waals surface area (Å²) < 4.78 is 0. The molecule has 5 nitrogen and oxygen atoms in total. The van der Waals surface area contributed by atoms with Crippen molar-refractivity contribution < 1.29 is 0 Å². The molecule has 0 radical (unpaired) electrons. The Morgan fingerprint density at radius 2 is 2.27 bits per heavy atom. The van der Waals surface area contributed by atoms with Gasteiger partial charge in [0.1, 0.15) is 5.82 Å². The van der Waals surface area contributed by atoms with E-state index < -0.39 is 0 Å². The average Bonchev–Trinajstić information content (AvgIpc) is 2.03. The maximum atomic E-state index is 5.08. The molecule has 1 heterocycles. The van der Waals surface area contributed by atoms with Gasteiger partial charge in [0.05, 0.1) is 0 Å². The fourth-order valence-electron chi connectivity index (χ4n) is 0.551. The highest BCUT2D eigenvalue weighted by molar-refractivity contribution is 5.76. The van der Waals surface area contributed by atoms with Crippen LogP contribution in [0, 0.1) is 0 Å². The first-order valence-electron chi connectivity index (χ1n) is 3.05. The van der Waals surface area contributed by atoms with E-state index in [1.165, 1.54) is 0 Å². The largest absolute Gasteiger partial charge is 0.369 e. The van der Waals surface area contributed by atoms with Gasteiger partial charge >= 0.3 is 0 Å². The molecule has 0 unspecified atom stereocenters. The van der Waals surface area contributed by atoms with Gasteiger partial charge in [0.2, 0.25) is 5.96 Å². The van der Waals surface area contributed by atoms with Crippen LogP contribution >= 0.6 is 0 Å². The molecule has 0 aliphatic rings. The average molecular weight is 151 g/mol. The van der Waals surface area contributed by atoms with E-state index in [1.807, 2.05) is 6.07 Å². The van der Waals surface area contributed by atoms with Crippen LogP contribution in [0.3, 0.4) is 0 Å². The summed E-state index contributed by atoms with van der Waals surface area (Å²) in [4.78, 5) is 3.92. The molecule has 0 aliphatic heterocycles. The molecule has 0 saturated heterocycles. The van der Waals surface area contributed by atoms with Crippen molar-refractivity contribution in [1.29, 1.82) is 0 Å². The summed E-state index contributed by atoms with van der Waals surface area (Å²) in [5.41, 5.74) is 12.7. The lowest BCUT2D eigenvalue weighted by molar-refractivity contribution is 1.21. The third-order valence-corrected chi connectivity index (χ3v) is 0.964. The molecule has 0 saturated carbocycles. The van der Waals surface area contributed by atoms with Gasteiger partial charge in [0.25, 0.3) is 0 Å². The highest BCUT2D eigenvalue weighted by Gasteiger charge is 1.85. The van der Waals surface area contributed by atoms with Gasteiger partial charge in [0, 0.05) is 6.20 Å². The van der Waals surface area contributed by atoms with E-state index in [9.17, 15) is 0 Å². The molecule has 0 atom stereocenters. The zero-order valence-electron chi connectivity index (χ0n) is 5.86. The van der Waals surface area contributed by atoms with Gasteiger partial charge in [-0.1, -0.05) is 6.07 Å². The molecule has 5 heteroatoms. The lowest BCUT2D eigenvalue weighted by Gasteiger charge is -1.96. The van der Waals surface area contributed by atoms with E-state index in [2.05, 4.69) is 15.5 Å². The number of hydrazone groups is 1. The SMILES string of the molecule is NC(N)=NNc1ccccn1. The zero-order valence-corrected chi connectivity index (χ0v) is 5.86. The molecule has 1 rings (SSSR count). The first-order chi connectivity index (χ1) is 5.29. The summed E-state index contributed by atoms with van der Waals surface area (Å²) in [7, 11) is 0. The molecular weight excluding hydrogens is 142 g/mol. The number of hydrogen-bond donors (Lipinski definition) is 3. The Labute approximate surface area is 64.1 Å². The summed E-state index contributed by atoms with van der Waals surface area (Å²) >= 11 is 0. The number of guanidine groups is 1. The molecule has 5 N–H and O–H groups in total. The topological polar surface area (TPSA) is 89.3 Å². The van der Waals surface area contributed by atoms with Crippen molar-refractivity contribution in [3.05, 3.63) is 24.4 Å². The highest BCUT2D eigenvalue weighted by Crippen LogP contribution is 1.97. The Morgan fingerprint density at radius 1 is 1.45 bits per heavy atom. The van der Waals surface area contributed by atoms with Gasteiger partial charge < -0.3 is 11.5 Å². The smallest absolute Gasteiger partial charge is 0.208 e. The second kappa shape index (κ2) is 3.40. The van der Waals surface area contributed by atoms with Gasteiger partial charge in [-0.25, -0.2) is 4.98 Å². The van der Waals surface area contributed by atoms with Crippen molar-refractivity contribution in [3.63, 3.8) is 0 Å². The second-order valence-corrected chi connectivity index (χ2v) is 1.86. The zero-order chi connectivity index (χ0) is 8.10. The molecular formula is C6H9N5. The Balaban J connectivity index is 2.59. The van der Waals surface area contributed by atoms with E-state index >= 15 is 0 Å². The van der Waals surface area contributed by atoms with Crippen molar-refractivity contribution in [3.8, 4) is 0 Å². The van der Waals surface area contributed by atoms with Crippen LogP contribution in [0.1, 0.15) is 0 Å². The van der Waals surface area contributed by atoms with Gasteiger partial charge in [-0.2, -0.15) is 0 Å². The molecule has 0 bridgehead atoms. The van der Waals surface area contributed by atoms with Crippen molar-refractivity contribution in [2.45, 2.75) is 0 Å². The maximum Gasteiger partial charge on any atom is 0.208 e. The number of hydrogen-bond acceptors (Lipinski definition) is 3. The summed E-state index contributed by atoms with van der Waals surface area (Å²) in [6, 6.07) is 5.39. The van der Waals surface area contributed by atoms with Crippen LogP contribution in [0.4, 0.5) is 5.82 Å². The predicted molar refractivity (Wildman–Crippen MR) is 43.7 cm³/mol. The van der Waals surface area contributed by atoms with Crippen LogP contribution in [0.2, 0.25) is 0 Å². The number of rotatable bonds is 2. The summed E-state index contributed by atoms with van der Waals surface area (Å²) in [5, 5.41) is 3.55. The third-order valence-electron chi connectivity index (χ3n) is 0.964. The number of nitrogens with two attached hydrogens (primary N) is 2. The van der Waals surface area contributed by atoms with E-state index in [0.29, 0.717) is 5.82 Å². The Morgan fingerprint density at radius 3 is 2.82 bits per heavy atom. The van der Waals surface area contributed by atoms with E-state index in [4.69, 9.17) is 11.5 Å². The van der Waals surface area contributed by atoms with E-state index in [0.717, 1.165) is 0 Å². The van der Waals surface area contributed by atoms with Gasteiger partial charge in [-0.15, -0.1) is 5.10 Å². The second-order valence-electron chi connectivity index (χ2n) is 1.86. The number of nitrogens with zero attached hydrogens (tertiary/aromatic N) is 2. The van der Waals surface area contributed by atoms with Crippen LogP contribution in [0.25, 0.3) is 0 Å². The number of anilines is 1. The fourth-order valence-corrected chi connectivity index (χ4v) is 0.551. The summed E-state index contributed by atoms with van der Waals surface area (Å²) in [5.74, 6) is 0.594. The normalized spacial score (nSPS) is 8.73. The van der Waals surface area contributed by atoms with Gasteiger partial charge in [-0.3, -0.25) is 5.43 Å². The lowest BCUT2D eigenvalue weighted by Crippen LogP contribution is -2.24. The minimum absolute atomic E-state index is 0.0179.